The molecule has 0 fully saturated rings. The highest BCUT2D eigenvalue weighted by Crippen LogP contribution is 2.13. The molecule has 0 aliphatic heterocycles. The second-order valence-corrected chi connectivity index (χ2v) is 2.49. The van der Waals surface area contributed by atoms with Gasteiger partial charge < -0.3 is 4.42 Å². The van der Waals surface area contributed by atoms with Crippen LogP contribution in [0.15, 0.2) is 29.0 Å². The van der Waals surface area contributed by atoms with E-state index >= 15 is 0 Å². The highest BCUT2D eigenvalue weighted by molar-refractivity contribution is 5.73. The number of nitriles is 1. The van der Waals surface area contributed by atoms with E-state index in [4.69, 9.17) is 9.68 Å². The fourth-order valence-electron chi connectivity index (χ4n) is 1.09. The fourth-order valence-corrected chi connectivity index (χ4v) is 1.09. The number of hydrogen-bond donors (Lipinski definition) is 0. The summed E-state index contributed by atoms with van der Waals surface area (Å²) in [6.07, 6.45) is 3.65. The Labute approximate surface area is 69.2 Å². The van der Waals surface area contributed by atoms with Crippen LogP contribution in [-0.4, -0.2) is 4.98 Å². The second-order valence-electron chi connectivity index (χ2n) is 2.49. The van der Waals surface area contributed by atoms with Crippen molar-refractivity contribution in [2.45, 2.75) is 6.42 Å². The Morgan fingerprint density at radius 3 is 3.33 bits per heavy atom. The average molecular weight is 158 g/mol. The highest BCUT2D eigenvalue weighted by Gasteiger charge is 1.98. The minimum absolute atomic E-state index is 0.397. The van der Waals surface area contributed by atoms with Gasteiger partial charge in [-0.2, -0.15) is 5.26 Å². The van der Waals surface area contributed by atoms with E-state index in [2.05, 4.69) is 11.1 Å². The number of rotatable bonds is 1. The van der Waals surface area contributed by atoms with E-state index in [0.29, 0.717) is 12.1 Å². The van der Waals surface area contributed by atoms with Gasteiger partial charge in [-0.3, -0.25) is 0 Å². The number of pyridine rings is 1. The summed E-state index contributed by atoms with van der Waals surface area (Å²) in [5, 5.41) is 9.39. The van der Waals surface area contributed by atoms with E-state index in [9.17, 15) is 0 Å². The Hall–Kier alpha value is -1.82. The van der Waals surface area contributed by atoms with Gasteiger partial charge in [0.25, 0.3) is 0 Å². The molecule has 12 heavy (non-hydrogen) atoms. The molecule has 2 rings (SSSR count). The van der Waals surface area contributed by atoms with Crippen LogP contribution in [0.25, 0.3) is 11.1 Å². The maximum Gasteiger partial charge on any atom is 0.225 e. The van der Waals surface area contributed by atoms with Gasteiger partial charge in [0, 0.05) is 11.6 Å². The van der Waals surface area contributed by atoms with Crippen LogP contribution in [0.5, 0.6) is 0 Å². The highest BCUT2D eigenvalue weighted by atomic mass is 16.3. The number of furan rings is 1. The lowest BCUT2D eigenvalue weighted by Crippen LogP contribution is -1.82. The predicted molar refractivity (Wildman–Crippen MR) is 43.3 cm³/mol. The van der Waals surface area contributed by atoms with Gasteiger partial charge in [-0.15, -0.1) is 0 Å². The molecular formula is C9H6N2O. The van der Waals surface area contributed by atoms with Gasteiger partial charge in [0.2, 0.25) is 5.71 Å². The number of nitrogens with zero attached hydrogens (tertiary/aromatic N) is 2. The fraction of sp³-hybridized carbons (Fsp3) is 0.111. The van der Waals surface area contributed by atoms with Gasteiger partial charge >= 0.3 is 0 Å². The Kier molecular flexibility index (Phi) is 1.52. The average Bonchev–Trinajstić information content (AvgIpc) is 2.51. The van der Waals surface area contributed by atoms with Gasteiger partial charge in [-0.1, -0.05) is 0 Å². The van der Waals surface area contributed by atoms with Crippen LogP contribution in [0, 0.1) is 11.3 Å². The molecule has 0 aromatic carbocycles. The first-order valence-corrected chi connectivity index (χ1v) is 3.59. The molecule has 0 saturated carbocycles. The van der Waals surface area contributed by atoms with Crippen LogP contribution in [-0.2, 0) is 6.42 Å². The van der Waals surface area contributed by atoms with Crippen LogP contribution in [0.1, 0.15) is 5.56 Å². The maximum absolute atomic E-state index is 8.44. The molecule has 0 saturated heterocycles. The van der Waals surface area contributed by atoms with Crippen molar-refractivity contribution in [3.63, 3.8) is 0 Å². The summed E-state index contributed by atoms with van der Waals surface area (Å²) in [5.74, 6) is 0. The zero-order valence-corrected chi connectivity index (χ0v) is 6.32. The van der Waals surface area contributed by atoms with E-state index in [0.717, 1.165) is 10.9 Å². The molecule has 0 aliphatic rings. The lowest BCUT2D eigenvalue weighted by atomic mass is 10.2. The SMILES string of the molecule is N#CCc1cnc2occc2c1. The first-order valence-electron chi connectivity index (χ1n) is 3.59. The molecule has 0 amide bonds. The lowest BCUT2D eigenvalue weighted by Gasteiger charge is -1.91. The van der Waals surface area contributed by atoms with Crippen LogP contribution < -0.4 is 0 Å². The molecular weight excluding hydrogens is 152 g/mol. The molecule has 0 radical (unpaired) electrons. The Morgan fingerprint density at radius 1 is 1.58 bits per heavy atom. The van der Waals surface area contributed by atoms with Gasteiger partial charge in [0.05, 0.1) is 18.8 Å². The largest absolute Gasteiger partial charge is 0.446 e. The molecule has 0 spiro atoms. The first-order chi connectivity index (χ1) is 5.90. The van der Waals surface area contributed by atoms with Gasteiger partial charge in [0.1, 0.15) is 0 Å². The molecule has 0 aliphatic carbocycles. The molecule has 2 aromatic heterocycles. The monoisotopic (exact) mass is 158 g/mol. The van der Waals surface area contributed by atoms with Crippen LogP contribution in [0.3, 0.4) is 0 Å². The first kappa shape index (κ1) is 6.86. The van der Waals surface area contributed by atoms with Gasteiger partial charge in [-0.25, -0.2) is 4.98 Å². The summed E-state index contributed by atoms with van der Waals surface area (Å²) >= 11 is 0. The summed E-state index contributed by atoms with van der Waals surface area (Å²) in [5.41, 5.74) is 1.54. The number of hydrogen-bond acceptors (Lipinski definition) is 3. The van der Waals surface area contributed by atoms with Crippen molar-refractivity contribution in [3.05, 3.63) is 30.2 Å². The topological polar surface area (TPSA) is 49.8 Å². The third kappa shape index (κ3) is 1.04. The minimum Gasteiger partial charge on any atom is -0.446 e. The van der Waals surface area contributed by atoms with Crippen molar-refractivity contribution in [3.8, 4) is 6.07 Å². The quantitative estimate of drug-likeness (QED) is 0.636. The third-order valence-electron chi connectivity index (χ3n) is 1.65. The minimum atomic E-state index is 0.397. The summed E-state index contributed by atoms with van der Waals surface area (Å²) in [7, 11) is 0. The van der Waals surface area contributed by atoms with Crippen molar-refractivity contribution < 1.29 is 4.42 Å². The van der Waals surface area contributed by atoms with Crippen LogP contribution >= 0.6 is 0 Å². The van der Waals surface area contributed by atoms with E-state index in [1.165, 1.54) is 0 Å². The Balaban J connectivity index is 2.54. The van der Waals surface area contributed by atoms with E-state index in [1.54, 1.807) is 12.5 Å². The maximum atomic E-state index is 8.44. The Bertz CT molecular complexity index is 439. The summed E-state index contributed by atoms with van der Waals surface area (Å²) in [6, 6.07) is 5.82. The van der Waals surface area contributed by atoms with Crippen LogP contribution in [0.4, 0.5) is 0 Å². The zero-order valence-electron chi connectivity index (χ0n) is 6.32. The van der Waals surface area contributed by atoms with Crippen molar-refractivity contribution >= 4 is 11.1 Å². The lowest BCUT2D eigenvalue weighted by molar-refractivity contribution is 0.603. The summed E-state index contributed by atoms with van der Waals surface area (Å²) < 4.78 is 5.06. The van der Waals surface area contributed by atoms with E-state index in [-0.39, 0.29) is 0 Å². The molecule has 0 atom stereocenters. The standard InChI is InChI=1S/C9H6N2O/c10-3-1-7-5-8-2-4-12-9(8)11-6-7/h2,4-6H,1H2. The molecule has 3 nitrogen and oxygen atoms in total. The van der Waals surface area contributed by atoms with Crippen molar-refractivity contribution in [1.82, 2.24) is 4.98 Å². The third-order valence-corrected chi connectivity index (χ3v) is 1.65. The smallest absolute Gasteiger partial charge is 0.225 e. The molecule has 3 heteroatoms. The van der Waals surface area contributed by atoms with E-state index in [1.807, 2.05) is 12.1 Å². The molecule has 2 heterocycles. The van der Waals surface area contributed by atoms with E-state index < -0.39 is 0 Å². The number of aromatic nitrogens is 1. The molecule has 0 N–H and O–H groups in total. The second kappa shape index (κ2) is 2.67. The Morgan fingerprint density at radius 2 is 2.50 bits per heavy atom. The van der Waals surface area contributed by atoms with Crippen molar-refractivity contribution in [2.75, 3.05) is 0 Å². The van der Waals surface area contributed by atoms with Crippen LogP contribution in [0.2, 0.25) is 0 Å². The van der Waals surface area contributed by atoms with Crippen molar-refractivity contribution in [2.24, 2.45) is 0 Å². The summed E-state index contributed by atoms with van der Waals surface area (Å²) in [6.45, 7) is 0. The normalized spacial score (nSPS) is 9.92. The van der Waals surface area contributed by atoms with Gasteiger partial charge in [-0.05, 0) is 17.7 Å². The molecule has 0 bridgehead atoms. The van der Waals surface area contributed by atoms with Crippen molar-refractivity contribution in [1.29, 1.82) is 5.26 Å². The zero-order chi connectivity index (χ0) is 8.39. The molecule has 58 valence electrons. The predicted octanol–water partition coefficient (Wildman–Crippen LogP) is 1.89. The molecule has 0 unspecified atom stereocenters. The number of fused-ring (bicyclic) bond motifs is 1. The molecule has 2 aromatic rings. The summed E-state index contributed by atoms with van der Waals surface area (Å²) in [4.78, 5) is 4.04. The van der Waals surface area contributed by atoms with Gasteiger partial charge in [0.15, 0.2) is 0 Å².